The van der Waals surface area contributed by atoms with Crippen LogP contribution in [0.2, 0.25) is 0 Å². The number of nitrogens with zero attached hydrogens (tertiary/aromatic N) is 2. The van der Waals surface area contributed by atoms with Crippen molar-refractivity contribution in [2.75, 3.05) is 23.3 Å². The summed E-state index contributed by atoms with van der Waals surface area (Å²) in [5.41, 5.74) is 1.59. The van der Waals surface area contributed by atoms with Crippen molar-refractivity contribution in [2.45, 2.75) is 6.10 Å². The van der Waals surface area contributed by atoms with Gasteiger partial charge in [0.05, 0.1) is 13.1 Å². The first-order valence-corrected chi connectivity index (χ1v) is 9.56. The van der Waals surface area contributed by atoms with Gasteiger partial charge in [-0.25, -0.2) is 14.0 Å². The quantitative estimate of drug-likeness (QED) is 0.661. The molecule has 0 bridgehead atoms. The summed E-state index contributed by atoms with van der Waals surface area (Å²) in [7, 11) is 0. The number of aromatic nitrogens is 1. The van der Waals surface area contributed by atoms with Crippen LogP contribution >= 0.6 is 0 Å². The largest absolute Gasteiger partial charge is 0.442 e. The van der Waals surface area contributed by atoms with Gasteiger partial charge in [0.1, 0.15) is 11.9 Å². The molecule has 0 aliphatic carbocycles. The summed E-state index contributed by atoms with van der Waals surface area (Å²) < 4.78 is 19.7. The maximum atomic E-state index is 12.9. The van der Waals surface area contributed by atoms with E-state index in [1.54, 1.807) is 42.6 Å². The number of halogens is 1. The van der Waals surface area contributed by atoms with Crippen LogP contribution in [0.25, 0.3) is 5.69 Å². The molecular weight excluding hydrogens is 403 g/mol. The van der Waals surface area contributed by atoms with Crippen LogP contribution < -0.4 is 21.1 Å². The van der Waals surface area contributed by atoms with Crippen molar-refractivity contribution < 1.29 is 18.7 Å². The minimum Gasteiger partial charge on any atom is -0.442 e. The van der Waals surface area contributed by atoms with Crippen molar-refractivity contribution in [3.8, 4) is 5.69 Å². The fourth-order valence-electron chi connectivity index (χ4n) is 3.19. The van der Waals surface area contributed by atoms with Gasteiger partial charge in [-0.05, 0) is 54.6 Å². The van der Waals surface area contributed by atoms with Gasteiger partial charge in [0.15, 0.2) is 0 Å². The first-order chi connectivity index (χ1) is 15.0. The van der Waals surface area contributed by atoms with Gasteiger partial charge in [-0.15, -0.1) is 0 Å². The van der Waals surface area contributed by atoms with Gasteiger partial charge in [-0.1, -0.05) is 6.07 Å². The second kappa shape index (κ2) is 8.70. The first-order valence-electron chi connectivity index (χ1n) is 9.56. The molecule has 0 radical (unpaired) electrons. The van der Waals surface area contributed by atoms with Gasteiger partial charge < -0.3 is 15.4 Å². The van der Waals surface area contributed by atoms with E-state index in [0.29, 0.717) is 17.1 Å². The molecule has 1 saturated heterocycles. The van der Waals surface area contributed by atoms with Crippen molar-refractivity contribution >= 4 is 23.5 Å². The Balaban J connectivity index is 1.34. The number of amides is 3. The number of anilines is 2. The molecule has 31 heavy (non-hydrogen) atoms. The van der Waals surface area contributed by atoms with Crippen LogP contribution in [0.15, 0.2) is 77.7 Å². The van der Waals surface area contributed by atoms with Crippen LogP contribution in [0.5, 0.6) is 0 Å². The fraction of sp³-hybridized carbons (Fsp3) is 0.136. The number of rotatable bonds is 5. The van der Waals surface area contributed by atoms with E-state index in [4.69, 9.17) is 4.74 Å². The maximum absolute atomic E-state index is 12.9. The van der Waals surface area contributed by atoms with Crippen LogP contribution in [0.1, 0.15) is 0 Å². The molecule has 1 aromatic heterocycles. The van der Waals surface area contributed by atoms with E-state index < -0.39 is 24.0 Å². The summed E-state index contributed by atoms with van der Waals surface area (Å²) in [6.45, 7) is 0.382. The van der Waals surface area contributed by atoms with Crippen molar-refractivity contribution in [1.82, 2.24) is 9.88 Å². The Bertz CT molecular complexity index is 1150. The second-order valence-corrected chi connectivity index (χ2v) is 6.88. The van der Waals surface area contributed by atoms with Crippen LogP contribution in [0.4, 0.5) is 25.4 Å². The minimum atomic E-state index is -0.525. The van der Waals surface area contributed by atoms with Gasteiger partial charge in [-0.3, -0.25) is 14.3 Å². The Kier molecular flexibility index (Phi) is 5.65. The molecule has 1 aliphatic heterocycles. The van der Waals surface area contributed by atoms with Gasteiger partial charge in [0.25, 0.3) is 5.56 Å². The number of carbonyl (C=O) groups is 2. The number of carbonyl (C=O) groups excluding carboxylic acids is 2. The minimum absolute atomic E-state index is 0.118. The summed E-state index contributed by atoms with van der Waals surface area (Å²) in [6, 6.07) is 16.7. The molecule has 8 nitrogen and oxygen atoms in total. The topological polar surface area (TPSA) is 92.7 Å². The third-order valence-corrected chi connectivity index (χ3v) is 4.73. The number of pyridine rings is 1. The molecule has 9 heteroatoms. The number of hydrogen-bond acceptors (Lipinski definition) is 4. The average Bonchev–Trinajstić information content (AvgIpc) is 3.15. The van der Waals surface area contributed by atoms with Crippen molar-refractivity contribution in [3.05, 3.63) is 89.1 Å². The molecule has 0 unspecified atom stereocenters. The second-order valence-electron chi connectivity index (χ2n) is 6.88. The molecule has 158 valence electrons. The molecule has 3 aromatic rings. The van der Waals surface area contributed by atoms with Gasteiger partial charge in [-0.2, -0.15) is 0 Å². The highest BCUT2D eigenvalue weighted by molar-refractivity contribution is 5.91. The summed E-state index contributed by atoms with van der Waals surface area (Å²) in [5.74, 6) is -0.396. The van der Waals surface area contributed by atoms with Crippen LogP contribution in [-0.4, -0.2) is 35.9 Å². The highest BCUT2D eigenvalue weighted by Gasteiger charge is 2.32. The van der Waals surface area contributed by atoms with Crippen molar-refractivity contribution in [2.24, 2.45) is 0 Å². The average molecular weight is 422 g/mol. The molecule has 1 atom stereocenters. The zero-order chi connectivity index (χ0) is 21.8. The number of cyclic esters (lactones) is 1. The summed E-state index contributed by atoms with van der Waals surface area (Å²) in [6.07, 6.45) is 0.624. The summed E-state index contributed by atoms with van der Waals surface area (Å²) in [5, 5.41) is 5.21. The van der Waals surface area contributed by atoms with Crippen molar-refractivity contribution in [3.63, 3.8) is 0 Å². The monoisotopic (exact) mass is 422 g/mol. The Morgan fingerprint density at radius 1 is 1.00 bits per heavy atom. The maximum Gasteiger partial charge on any atom is 0.414 e. The van der Waals surface area contributed by atoms with E-state index >= 15 is 0 Å². The van der Waals surface area contributed by atoms with Crippen molar-refractivity contribution in [1.29, 1.82) is 0 Å². The first kappa shape index (κ1) is 20.1. The Morgan fingerprint density at radius 3 is 2.42 bits per heavy atom. The fourth-order valence-corrected chi connectivity index (χ4v) is 3.19. The SMILES string of the molecule is O=C(NC[C@H]1CN(c2ccc(-n3ccccc3=O)cc2)C(=O)O1)Nc1ccc(F)cc1. The highest BCUT2D eigenvalue weighted by Crippen LogP contribution is 2.22. The predicted octanol–water partition coefficient (Wildman–Crippen LogP) is 3.12. The van der Waals surface area contributed by atoms with E-state index in [1.165, 1.54) is 39.8 Å². The van der Waals surface area contributed by atoms with Crippen LogP contribution in [0.3, 0.4) is 0 Å². The van der Waals surface area contributed by atoms with E-state index in [9.17, 15) is 18.8 Å². The van der Waals surface area contributed by atoms with E-state index in [1.807, 2.05) is 0 Å². The van der Waals surface area contributed by atoms with Gasteiger partial charge in [0.2, 0.25) is 0 Å². The lowest BCUT2D eigenvalue weighted by atomic mass is 10.2. The number of nitrogens with one attached hydrogen (secondary N) is 2. The van der Waals surface area contributed by atoms with Gasteiger partial charge in [0, 0.05) is 29.3 Å². The Hall–Kier alpha value is -4.14. The molecule has 2 heterocycles. The molecule has 1 aliphatic rings. The predicted molar refractivity (Wildman–Crippen MR) is 113 cm³/mol. The zero-order valence-electron chi connectivity index (χ0n) is 16.3. The summed E-state index contributed by atoms with van der Waals surface area (Å²) in [4.78, 5) is 37.6. The van der Waals surface area contributed by atoms with Crippen LogP contribution in [0, 0.1) is 5.82 Å². The highest BCUT2D eigenvalue weighted by atomic mass is 19.1. The van der Waals surface area contributed by atoms with E-state index in [-0.39, 0.29) is 18.6 Å². The van der Waals surface area contributed by atoms with Crippen LogP contribution in [-0.2, 0) is 4.74 Å². The number of urea groups is 1. The number of ether oxygens (including phenoxy) is 1. The molecule has 1 fully saturated rings. The lowest BCUT2D eigenvalue weighted by molar-refractivity contribution is 0.141. The number of hydrogen-bond donors (Lipinski definition) is 2. The molecular formula is C22H19FN4O4. The third kappa shape index (κ3) is 4.72. The van der Waals surface area contributed by atoms with Gasteiger partial charge >= 0.3 is 12.1 Å². The molecule has 0 saturated carbocycles. The molecule has 3 amide bonds. The zero-order valence-corrected chi connectivity index (χ0v) is 16.3. The lowest BCUT2D eigenvalue weighted by Gasteiger charge is -2.14. The van der Waals surface area contributed by atoms with E-state index in [2.05, 4.69) is 10.6 Å². The molecule has 0 spiro atoms. The normalized spacial score (nSPS) is 15.5. The standard InChI is InChI=1S/C22H19FN4O4/c23-15-4-6-16(7-5-15)25-21(29)24-13-19-14-27(22(30)31-19)18-10-8-17(9-11-18)26-12-2-1-3-20(26)28/h1-12,19H,13-14H2,(H2,24,25,29)/t19-/m0/s1. The Morgan fingerprint density at radius 2 is 1.71 bits per heavy atom. The molecule has 2 N–H and O–H groups in total. The third-order valence-electron chi connectivity index (χ3n) is 4.73. The molecule has 2 aromatic carbocycles. The summed E-state index contributed by atoms with van der Waals surface area (Å²) >= 11 is 0. The lowest BCUT2D eigenvalue weighted by Crippen LogP contribution is -2.37. The van der Waals surface area contributed by atoms with E-state index in [0.717, 1.165) is 0 Å². The molecule has 4 rings (SSSR count). The smallest absolute Gasteiger partial charge is 0.414 e. The Labute approximate surface area is 176 Å². The number of benzene rings is 2.